The van der Waals surface area contributed by atoms with Crippen LogP contribution in [0.5, 0.6) is 0 Å². The summed E-state index contributed by atoms with van der Waals surface area (Å²) in [5, 5.41) is 11.2. The summed E-state index contributed by atoms with van der Waals surface area (Å²) in [6, 6.07) is 7.05. The predicted molar refractivity (Wildman–Crippen MR) is 87.2 cm³/mol. The number of unbranched alkanes of at least 4 members (excludes halogenated alkanes) is 2. The van der Waals surface area contributed by atoms with Crippen molar-refractivity contribution in [3.63, 3.8) is 0 Å². The fourth-order valence-corrected chi connectivity index (χ4v) is 2.29. The van der Waals surface area contributed by atoms with E-state index < -0.39 is 5.60 Å². The van der Waals surface area contributed by atoms with Crippen LogP contribution in [0.15, 0.2) is 24.3 Å². The molecule has 0 fully saturated rings. The number of rotatable bonds is 9. The molecule has 1 aromatic rings. The van der Waals surface area contributed by atoms with E-state index in [-0.39, 0.29) is 5.91 Å². The number of carbonyl (C=O) groups is 1. The lowest BCUT2D eigenvalue weighted by Crippen LogP contribution is -2.48. The second-order valence-corrected chi connectivity index (χ2v) is 5.76. The van der Waals surface area contributed by atoms with E-state index in [0.717, 1.165) is 25.7 Å². The Morgan fingerprint density at radius 3 is 2.38 bits per heavy atom. The van der Waals surface area contributed by atoms with Gasteiger partial charge in [-0.05, 0) is 31.0 Å². The highest BCUT2D eigenvalue weighted by atomic mass is 35.5. The fourth-order valence-electron chi connectivity index (χ4n) is 2.10. The lowest BCUT2D eigenvalue weighted by Gasteiger charge is -2.27. The van der Waals surface area contributed by atoms with Crippen LogP contribution >= 0.6 is 11.6 Å². The minimum Gasteiger partial charge on any atom is -0.380 e. The van der Waals surface area contributed by atoms with Crippen LogP contribution in [0.25, 0.3) is 0 Å². The number of aliphatic hydroxyl groups is 1. The van der Waals surface area contributed by atoms with Crippen LogP contribution in [0, 0.1) is 0 Å². The Hall–Kier alpha value is -1.26. The van der Waals surface area contributed by atoms with Crippen LogP contribution in [0.2, 0.25) is 5.02 Å². The minimum atomic E-state index is -1.31. The summed E-state index contributed by atoms with van der Waals surface area (Å²) in [7, 11) is 0. The number of carbonyl (C=O) groups excluding carboxylic acids is 1. The summed E-state index contributed by atoms with van der Waals surface area (Å²) in [6.07, 6.45) is 4.50. The standard InChI is InChI=1S/C16H25ClN2O2/c1-3-5-10-16(21,11-6-4-2)15(20)19-18-14-9-7-8-13(17)12-14/h7-9,12,18,21H,3-6,10-11H2,1-2H3,(H,19,20). The number of hydrogen-bond donors (Lipinski definition) is 3. The maximum Gasteiger partial charge on any atom is 0.270 e. The lowest BCUT2D eigenvalue weighted by molar-refractivity contribution is -0.141. The average molecular weight is 313 g/mol. The van der Waals surface area contributed by atoms with Gasteiger partial charge in [-0.15, -0.1) is 0 Å². The third-order valence-electron chi connectivity index (χ3n) is 3.46. The third-order valence-corrected chi connectivity index (χ3v) is 3.69. The molecule has 3 N–H and O–H groups in total. The molecule has 4 nitrogen and oxygen atoms in total. The molecule has 5 heteroatoms. The largest absolute Gasteiger partial charge is 0.380 e. The zero-order valence-electron chi connectivity index (χ0n) is 12.8. The van der Waals surface area contributed by atoms with Gasteiger partial charge in [0, 0.05) is 5.02 Å². The molecule has 0 unspecified atom stereocenters. The molecule has 118 valence electrons. The molecule has 21 heavy (non-hydrogen) atoms. The van der Waals surface area contributed by atoms with Crippen molar-refractivity contribution in [2.45, 2.75) is 58.0 Å². The highest BCUT2D eigenvalue weighted by Crippen LogP contribution is 2.22. The van der Waals surface area contributed by atoms with Gasteiger partial charge in [-0.1, -0.05) is 57.2 Å². The van der Waals surface area contributed by atoms with Gasteiger partial charge in [0.25, 0.3) is 5.91 Å². The van der Waals surface area contributed by atoms with Crippen LogP contribution in [0.4, 0.5) is 5.69 Å². The van der Waals surface area contributed by atoms with E-state index in [4.69, 9.17) is 11.6 Å². The molecule has 1 rings (SSSR count). The topological polar surface area (TPSA) is 61.4 Å². The second-order valence-electron chi connectivity index (χ2n) is 5.33. The maximum absolute atomic E-state index is 12.3. The first-order chi connectivity index (χ1) is 10.0. The van der Waals surface area contributed by atoms with Crippen molar-refractivity contribution >= 4 is 23.2 Å². The first-order valence-corrected chi connectivity index (χ1v) is 7.94. The van der Waals surface area contributed by atoms with Gasteiger partial charge in [-0.2, -0.15) is 0 Å². The first-order valence-electron chi connectivity index (χ1n) is 7.56. The molecule has 0 radical (unpaired) electrons. The second kappa shape index (κ2) is 8.90. The van der Waals surface area contributed by atoms with E-state index in [1.54, 1.807) is 24.3 Å². The van der Waals surface area contributed by atoms with Crippen LogP contribution < -0.4 is 10.9 Å². The number of benzene rings is 1. The summed E-state index contributed by atoms with van der Waals surface area (Å²) in [5.74, 6) is -0.385. The van der Waals surface area contributed by atoms with Gasteiger partial charge in [0.1, 0.15) is 5.60 Å². The molecule has 0 aliphatic heterocycles. The van der Waals surface area contributed by atoms with E-state index in [1.165, 1.54) is 0 Å². The number of amides is 1. The van der Waals surface area contributed by atoms with E-state index in [9.17, 15) is 9.90 Å². The van der Waals surface area contributed by atoms with Crippen molar-refractivity contribution in [3.05, 3.63) is 29.3 Å². The van der Waals surface area contributed by atoms with Crippen molar-refractivity contribution < 1.29 is 9.90 Å². The Morgan fingerprint density at radius 2 is 1.86 bits per heavy atom. The monoisotopic (exact) mass is 312 g/mol. The van der Waals surface area contributed by atoms with E-state index in [0.29, 0.717) is 23.6 Å². The average Bonchev–Trinajstić information content (AvgIpc) is 2.48. The number of nitrogens with one attached hydrogen (secondary N) is 2. The Kier molecular flexibility index (Phi) is 7.54. The van der Waals surface area contributed by atoms with Gasteiger partial charge >= 0.3 is 0 Å². The van der Waals surface area contributed by atoms with E-state index in [2.05, 4.69) is 10.9 Å². The van der Waals surface area contributed by atoms with Gasteiger partial charge < -0.3 is 5.11 Å². The zero-order valence-corrected chi connectivity index (χ0v) is 13.5. The number of halogens is 1. The molecule has 0 aliphatic rings. The summed E-state index contributed by atoms with van der Waals surface area (Å²) in [6.45, 7) is 4.09. The summed E-state index contributed by atoms with van der Waals surface area (Å²) in [5.41, 5.74) is 4.76. The zero-order chi connectivity index (χ0) is 15.7. The molecule has 0 heterocycles. The van der Waals surface area contributed by atoms with Crippen molar-refractivity contribution in [1.82, 2.24) is 5.43 Å². The molecule has 0 atom stereocenters. The Balaban J connectivity index is 2.62. The van der Waals surface area contributed by atoms with E-state index >= 15 is 0 Å². The molecule has 0 saturated carbocycles. The molecule has 0 bridgehead atoms. The Morgan fingerprint density at radius 1 is 1.24 bits per heavy atom. The van der Waals surface area contributed by atoms with Crippen LogP contribution in [0.3, 0.4) is 0 Å². The highest BCUT2D eigenvalue weighted by molar-refractivity contribution is 6.30. The normalized spacial score (nSPS) is 11.2. The molecule has 0 aliphatic carbocycles. The maximum atomic E-state index is 12.3. The van der Waals surface area contributed by atoms with Gasteiger partial charge in [0.05, 0.1) is 5.69 Å². The third kappa shape index (κ3) is 5.94. The summed E-state index contributed by atoms with van der Waals surface area (Å²) in [4.78, 5) is 12.3. The SMILES string of the molecule is CCCCC(O)(CCCC)C(=O)NNc1cccc(Cl)c1. The van der Waals surface area contributed by atoms with Crippen LogP contribution in [-0.2, 0) is 4.79 Å². The van der Waals surface area contributed by atoms with Crippen molar-refractivity contribution in [3.8, 4) is 0 Å². The van der Waals surface area contributed by atoms with Gasteiger partial charge in [-0.3, -0.25) is 15.6 Å². The van der Waals surface area contributed by atoms with Gasteiger partial charge in [0.15, 0.2) is 0 Å². The number of anilines is 1. The fraction of sp³-hybridized carbons (Fsp3) is 0.562. The molecular formula is C16H25ClN2O2. The van der Waals surface area contributed by atoms with Gasteiger partial charge in [0.2, 0.25) is 0 Å². The number of hydrogen-bond acceptors (Lipinski definition) is 3. The van der Waals surface area contributed by atoms with Crippen molar-refractivity contribution in [1.29, 1.82) is 0 Å². The van der Waals surface area contributed by atoms with Gasteiger partial charge in [-0.25, -0.2) is 0 Å². The number of hydrazine groups is 1. The Bertz CT molecular complexity index is 444. The van der Waals surface area contributed by atoms with Crippen LogP contribution in [0.1, 0.15) is 52.4 Å². The predicted octanol–water partition coefficient (Wildman–Crippen LogP) is 3.89. The van der Waals surface area contributed by atoms with E-state index in [1.807, 2.05) is 13.8 Å². The summed E-state index contributed by atoms with van der Waals surface area (Å²) >= 11 is 5.89. The molecule has 1 aromatic carbocycles. The Labute approximate surface area is 131 Å². The van der Waals surface area contributed by atoms with Crippen molar-refractivity contribution in [2.75, 3.05) is 5.43 Å². The quantitative estimate of drug-likeness (QED) is 0.606. The molecule has 0 spiro atoms. The highest BCUT2D eigenvalue weighted by Gasteiger charge is 2.34. The minimum absolute atomic E-state index is 0.385. The first kappa shape index (κ1) is 17.8. The molecule has 0 aromatic heterocycles. The smallest absolute Gasteiger partial charge is 0.270 e. The molecule has 0 saturated heterocycles. The molecular weight excluding hydrogens is 288 g/mol. The summed E-state index contributed by atoms with van der Waals surface area (Å²) < 4.78 is 0. The van der Waals surface area contributed by atoms with Crippen molar-refractivity contribution in [2.24, 2.45) is 0 Å². The molecule has 1 amide bonds. The van der Waals surface area contributed by atoms with Crippen LogP contribution in [-0.4, -0.2) is 16.6 Å². The lowest BCUT2D eigenvalue weighted by atomic mass is 9.90.